The summed E-state index contributed by atoms with van der Waals surface area (Å²) in [6.07, 6.45) is 0.726. The molecule has 1 aromatic carbocycles. The van der Waals surface area contributed by atoms with E-state index in [1.165, 1.54) is 0 Å². The van der Waals surface area contributed by atoms with Crippen molar-refractivity contribution >= 4 is 34.9 Å². The van der Waals surface area contributed by atoms with Gasteiger partial charge in [-0.1, -0.05) is 44.5 Å². The molecule has 6 nitrogen and oxygen atoms in total. The third-order valence-corrected chi connectivity index (χ3v) is 6.53. The number of amides is 3. The Labute approximate surface area is 187 Å². The van der Waals surface area contributed by atoms with Crippen LogP contribution in [0.3, 0.4) is 0 Å². The molecule has 8 heteroatoms. The van der Waals surface area contributed by atoms with Crippen molar-refractivity contribution in [3.8, 4) is 0 Å². The first-order valence-corrected chi connectivity index (χ1v) is 11.5. The summed E-state index contributed by atoms with van der Waals surface area (Å²) < 4.78 is 0. The Hall–Kier alpha value is -2.12. The first kappa shape index (κ1) is 22.6. The monoisotopic (exact) mass is 448 g/mol. The molecule has 3 rings (SSSR count). The summed E-state index contributed by atoms with van der Waals surface area (Å²) in [5, 5.41) is 6.46. The molecule has 3 amide bonds. The minimum Gasteiger partial charge on any atom is -0.337 e. The van der Waals surface area contributed by atoms with Gasteiger partial charge in [0.25, 0.3) is 5.91 Å². The molecule has 1 aliphatic heterocycles. The predicted octanol–water partition coefficient (Wildman–Crippen LogP) is 4.71. The normalized spacial score (nSPS) is 16.2. The summed E-state index contributed by atoms with van der Waals surface area (Å²) >= 11 is 7.75. The molecule has 1 saturated heterocycles. The number of hydrogen-bond acceptors (Lipinski definition) is 4. The van der Waals surface area contributed by atoms with Gasteiger partial charge in [0.15, 0.2) is 0 Å². The SMILES string of the molecule is CC(NC(=O)N1CCCN(C(=O)c2ccccc2Cl)CC1)c1nc(C(C)(C)C)cs1. The van der Waals surface area contributed by atoms with E-state index in [4.69, 9.17) is 16.6 Å². The van der Waals surface area contributed by atoms with Crippen LogP contribution in [0.2, 0.25) is 5.02 Å². The third kappa shape index (κ3) is 5.32. The molecule has 0 radical (unpaired) electrons. The van der Waals surface area contributed by atoms with Crippen LogP contribution in [0.4, 0.5) is 4.79 Å². The van der Waals surface area contributed by atoms with Gasteiger partial charge < -0.3 is 15.1 Å². The molecular weight excluding hydrogens is 420 g/mol. The molecule has 0 aliphatic carbocycles. The van der Waals surface area contributed by atoms with Gasteiger partial charge in [-0.05, 0) is 25.5 Å². The summed E-state index contributed by atoms with van der Waals surface area (Å²) in [5.41, 5.74) is 1.53. The van der Waals surface area contributed by atoms with Crippen LogP contribution in [-0.4, -0.2) is 52.9 Å². The average molecular weight is 449 g/mol. The summed E-state index contributed by atoms with van der Waals surface area (Å²) in [7, 11) is 0. The maximum Gasteiger partial charge on any atom is 0.318 e. The minimum atomic E-state index is -0.164. The molecule has 1 aliphatic rings. The smallest absolute Gasteiger partial charge is 0.318 e. The lowest BCUT2D eigenvalue weighted by molar-refractivity contribution is 0.0762. The van der Waals surface area contributed by atoms with Crippen LogP contribution < -0.4 is 5.32 Å². The zero-order valence-electron chi connectivity index (χ0n) is 17.9. The van der Waals surface area contributed by atoms with Gasteiger partial charge in [-0.25, -0.2) is 9.78 Å². The van der Waals surface area contributed by atoms with Crippen molar-refractivity contribution in [2.24, 2.45) is 0 Å². The van der Waals surface area contributed by atoms with Crippen molar-refractivity contribution in [1.82, 2.24) is 20.1 Å². The highest BCUT2D eigenvalue weighted by molar-refractivity contribution is 7.09. The Balaban J connectivity index is 1.58. The molecule has 1 unspecified atom stereocenters. The van der Waals surface area contributed by atoms with Gasteiger partial charge in [-0.2, -0.15) is 0 Å². The van der Waals surface area contributed by atoms with Gasteiger partial charge in [0, 0.05) is 37.0 Å². The van der Waals surface area contributed by atoms with Crippen molar-refractivity contribution in [1.29, 1.82) is 0 Å². The van der Waals surface area contributed by atoms with Gasteiger partial charge in [-0.15, -0.1) is 11.3 Å². The summed E-state index contributed by atoms with van der Waals surface area (Å²) in [6, 6.07) is 6.78. The maximum atomic E-state index is 12.8. The summed E-state index contributed by atoms with van der Waals surface area (Å²) in [6.45, 7) is 10.5. The van der Waals surface area contributed by atoms with Crippen LogP contribution in [0.1, 0.15) is 61.2 Å². The highest BCUT2D eigenvalue weighted by Crippen LogP contribution is 2.27. The standard InChI is InChI=1S/C22H29ClN4O2S/c1-15(19-25-18(14-30-19)22(2,3)4)24-21(29)27-11-7-10-26(12-13-27)20(28)16-8-5-6-9-17(16)23/h5-6,8-9,14-15H,7,10-13H2,1-4H3,(H,24,29). The molecule has 0 spiro atoms. The van der Waals surface area contributed by atoms with Crippen molar-refractivity contribution in [2.45, 2.75) is 45.6 Å². The molecule has 1 atom stereocenters. The van der Waals surface area contributed by atoms with Crippen LogP contribution in [0.25, 0.3) is 0 Å². The van der Waals surface area contributed by atoms with Gasteiger partial charge in [0.1, 0.15) is 5.01 Å². The Morgan fingerprint density at radius 2 is 1.80 bits per heavy atom. The van der Waals surface area contributed by atoms with Gasteiger partial charge in [0.2, 0.25) is 0 Å². The predicted molar refractivity (Wildman–Crippen MR) is 121 cm³/mol. The van der Waals surface area contributed by atoms with Crippen molar-refractivity contribution < 1.29 is 9.59 Å². The summed E-state index contributed by atoms with van der Waals surface area (Å²) in [5.74, 6) is -0.0891. The highest BCUT2D eigenvalue weighted by atomic mass is 35.5. The third-order valence-electron chi connectivity index (χ3n) is 5.18. The fourth-order valence-corrected chi connectivity index (χ4v) is 4.57. The van der Waals surface area contributed by atoms with Crippen molar-refractivity contribution in [2.75, 3.05) is 26.2 Å². The average Bonchev–Trinajstić information content (AvgIpc) is 3.07. The Kier molecular flexibility index (Phi) is 7.03. The number of thiazole rings is 1. The number of rotatable bonds is 3. The number of carbonyl (C=O) groups excluding carboxylic acids is 2. The molecule has 2 aromatic rings. The van der Waals surface area contributed by atoms with E-state index in [0.717, 1.165) is 17.1 Å². The number of nitrogens with one attached hydrogen (secondary N) is 1. The number of benzene rings is 1. The second kappa shape index (κ2) is 9.35. The zero-order valence-corrected chi connectivity index (χ0v) is 19.5. The van der Waals surface area contributed by atoms with E-state index in [0.29, 0.717) is 36.8 Å². The second-order valence-electron chi connectivity index (χ2n) is 8.60. The molecule has 2 heterocycles. The molecule has 1 aromatic heterocycles. The number of urea groups is 1. The lowest BCUT2D eigenvalue weighted by Crippen LogP contribution is -2.43. The van der Waals surface area contributed by atoms with E-state index in [1.807, 2.05) is 19.1 Å². The maximum absolute atomic E-state index is 12.8. The summed E-state index contributed by atoms with van der Waals surface area (Å²) in [4.78, 5) is 33.9. The second-order valence-corrected chi connectivity index (χ2v) is 9.90. The van der Waals surface area contributed by atoms with Crippen LogP contribution in [0, 0.1) is 0 Å². The number of nitrogens with zero attached hydrogens (tertiary/aromatic N) is 3. The minimum absolute atomic E-state index is 0.0130. The molecule has 0 bridgehead atoms. The molecular formula is C22H29ClN4O2S. The molecule has 162 valence electrons. The Morgan fingerprint density at radius 1 is 1.13 bits per heavy atom. The Bertz CT molecular complexity index is 909. The lowest BCUT2D eigenvalue weighted by atomic mass is 9.93. The zero-order chi connectivity index (χ0) is 21.9. The fraction of sp³-hybridized carbons (Fsp3) is 0.500. The highest BCUT2D eigenvalue weighted by Gasteiger charge is 2.26. The van der Waals surface area contributed by atoms with Gasteiger partial charge in [-0.3, -0.25) is 4.79 Å². The van der Waals surface area contributed by atoms with E-state index >= 15 is 0 Å². The van der Waals surface area contributed by atoms with Crippen molar-refractivity contribution in [3.63, 3.8) is 0 Å². The largest absolute Gasteiger partial charge is 0.337 e. The van der Waals surface area contributed by atoms with E-state index in [9.17, 15) is 9.59 Å². The number of carbonyl (C=O) groups is 2. The first-order valence-electron chi connectivity index (χ1n) is 10.2. The van der Waals surface area contributed by atoms with Gasteiger partial charge >= 0.3 is 6.03 Å². The van der Waals surface area contributed by atoms with Gasteiger partial charge in [0.05, 0.1) is 22.3 Å². The lowest BCUT2D eigenvalue weighted by Gasteiger charge is -2.24. The van der Waals surface area contributed by atoms with E-state index in [2.05, 4.69) is 31.5 Å². The van der Waals surface area contributed by atoms with Crippen molar-refractivity contribution in [3.05, 3.63) is 50.9 Å². The fourth-order valence-electron chi connectivity index (χ4n) is 3.30. The number of aromatic nitrogens is 1. The van der Waals surface area contributed by atoms with E-state index < -0.39 is 0 Å². The number of hydrogen-bond donors (Lipinski definition) is 1. The topological polar surface area (TPSA) is 65.5 Å². The Morgan fingerprint density at radius 3 is 2.47 bits per heavy atom. The molecule has 1 N–H and O–H groups in total. The van der Waals surface area contributed by atoms with Crippen LogP contribution in [-0.2, 0) is 5.41 Å². The first-order chi connectivity index (χ1) is 14.2. The van der Waals surface area contributed by atoms with Crippen LogP contribution >= 0.6 is 22.9 Å². The number of halogens is 1. The van der Waals surface area contributed by atoms with E-state index in [1.54, 1.807) is 33.3 Å². The quantitative estimate of drug-likeness (QED) is 0.739. The van der Waals surface area contributed by atoms with Crippen LogP contribution in [0.5, 0.6) is 0 Å². The van der Waals surface area contributed by atoms with E-state index in [-0.39, 0.29) is 23.4 Å². The molecule has 1 fully saturated rings. The molecule has 0 saturated carbocycles. The van der Waals surface area contributed by atoms with Crippen LogP contribution in [0.15, 0.2) is 29.6 Å². The molecule has 30 heavy (non-hydrogen) atoms.